The Labute approximate surface area is 169 Å². The molecule has 0 atom stereocenters. The number of aromatic nitrogens is 3. The van der Waals surface area contributed by atoms with Gasteiger partial charge in [-0.1, -0.05) is 0 Å². The summed E-state index contributed by atoms with van der Waals surface area (Å²) in [4.78, 5) is 3.83. The molecule has 0 unspecified atom stereocenters. The molecule has 3 heterocycles. The molecule has 1 aliphatic heterocycles. The molecule has 0 radical (unpaired) electrons. The number of methoxy groups -OCH3 is 1. The van der Waals surface area contributed by atoms with Gasteiger partial charge in [-0.2, -0.15) is 22.6 Å². The van der Waals surface area contributed by atoms with E-state index in [2.05, 4.69) is 10.1 Å². The Morgan fingerprint density at radius 1 is 1.13 bits per heavy atom. The van der Waals surface area contributed by atoms with E-state index < -0.39 is 21.9 Å². The van der Waals surface area contributed by atoms with E-state index in [1.165, 1.54) is 7.11 Å². The van der Waals surface area contributed by atoms with Gasteiger partial charge >= 0.3 is 6.18 Å². The van der Waals surface area contributed by atoms with E-state index in [4.69, 9.17) is 9.47 Å². The lowest BCUT2D eigenvalue weighted by molar-refractivity contribution is -0.142. The van der Waals surface area contributed by atoms with Crippen LogP contribution in [0, 0.1) is 0 Å². The van der Waals surface area contributed by atoms with Crippen molar-refractivity contribution in [2.24, 2.45) is 0 Å². The fourth-order valence-electron chi connectivity index (χ4n) is 3.16. The SMILES string of the molecule is COc1ccc(-c2cc(C(F)(F)F)n3ncc(S(=O)(=O)N4CCOCC4)c3n2)cc1. The van der Waals surface area contributed by atoms with Gasteiger partial charge < -0.3 is 9.47 Å². The van der Waals surface area contributed by atoms with Crippen LogP contribution in [-0.2, 0) is 20.9 Å². The molecule has 0 aliphatic carbocycles. The molecule has 2 aromatic heterocycles. The van der Waals surface area contributed by atoms with Gasteiger partial charge in [0.2, 0.25) is 10.0 Å². The minimum atomic E-state index is -4.77. The van der Waals surface area contributed by atoms with Crippen LogP contribution < -0.4 is 4.74 Å². The Kier molecular flexibility index (Phi) is 5.16. The quantitative estimate of drug-likeness (QED) is 0.617. The second-order valence-electron chi connectivity index (χ2n) is 6.51. The Balaban J connectivity index is 1.91. The second kappa shape index (κ2) is 7.52. The largest absolute Gasteiger partial charge is 0.497 e. The third-order valence-corrected chi connectivity index (χ3v) is 6.59. The molecule has 160 valence electrons. The molecular weight excluding hydrogens is 425 g/mol. The van der Waals surface area contributed by atoms with E-state index in [0.717, 1.165) is 16.6 Å². The van der Waals surface area contributed by atoms with E-state index in [0.29, 0.717) is 15.8 Å². The van der Waals surface area contributed by atoms with Gasteiger partial charge in [-0.15, -0.1) is 0 Å². The third-order valence-electron chi connectivity index (χ3n) is 4.70. The Bertz CT molecular complexity index is 1170. The van der Waals surface area contributed by atoms with Crippen molar-refractivity contribution in [2.75, 3.05) is 33.4 Å². The number of hydrogen-bond acceptors (Lipinski definition) is 6. The number of halogens is 3. The van der Waals surface area contributed by atoms with Crippen molar-refractivity contribution in [3.05, 3.63) is 42.2 Å². The summed E-state index contributed by atoms with van der Waals surface area (Å²) in [5.74, 6) is 0.524. The van der Waals surface area contributed by atoms with Gasteiger partial charge in [-0.3, -0.25) is 0 Å². The van der Waals surface area contributed by atoms with Gasteiger partial charge in [0.05, 0.1) is 32.2 Å². The summed E-state index contributed by atoms with van der Waals surface area (Å²) in [6, 6.07) is 7.09. The molecule has 0 N–H and O–H groups in total. The smallest absolute Gasteiger partial charge is 0.433 e. The van der Waals surface area contributed by atoms with E-state index in [1.807, 2.05) is 0 Å². The molecule has 0 spiro atoms. The van der Waals surface area contributed by atoms with Gasteiger partial charge in [0.1, 0.15) is 10.6 Å². The lowest BCUT2D eigenvalue weighted by Gasteiger charge is -2.25. The number of fused-ring (bicyclic) bond motifs is 1. The predicted octanol–water partition coefficient (Wildman–Crippen LogP) is 2.44. The zero-order valence-electron chi connectivity index (χ0n) is 15.8. The average Bonchev–Trinajstić information content (AvgIpc) is 3.18. The summed E-state index contributed by atoms with van der Waals surface area (Å²) in [7, 11) is -2.63. The number of morpholine rings is 1. The monoisotopic (exact) mass is 442 g/mol. The highest BCUT2D eigenvalue weighted by molar-refractivity contribution is 7.89. The van der Waals surface area contributed by atoms with Crippen molar-refractivity contribution in [1.82, 2.24) is 18.9 Å². The molecule has 0 amide bonds. The van der Waals surface area contributed by atoms with Gasteiger partial charge in [0.15, 0.2) is 11.3 Å². The summed E-state index contributed by atoms with van der Waals surface area (Å²) in [5.41, 5.74) is -1.17. The maximum absolute atomic E-state index is 13.7. The fraction of sp³-hybridized carbons (Fsp3) is 0.333. The van der Waals surface area contributed by atoms with Crippen LogP contribution in [0.2, 0.25) is 0 Å². The minimum Gasteiger partial charge on any atom is -0.497 e. The molecule has 8 nitrogen and oxygen atoms in total. The number of hydrogen-bond donors (Lipinski definition) is 0. The number of alkyl halides is 3. The van der Waals surface area contributed by atoms with Crippen molar-refractivity contribution in [1.29, 1.82) is 0 Å². The zero-order chi connectivity index (χ0) is 21.5. The molecule has 1 fully saturated rings. The van der Waals surface area contributed by atoms with Crippen molar-refractivity contribution in [3.8, 4) is 17.0 Å². The summed E-state index contributed by atoms with van der Waals surface area (Å²) >= 11 is 0. The molecule has 12 heteroatoms. The molecule has 1 saturated heterocycles. The Morgan fingerprint density at radius 2 is 1.80 bits per heavy atom. The first-order valence-electron chi connectivity index (χ1n) is 8.90. The van der Waals surface area contributed by atoms with E-state index in [9.17, 15) is 21.6 Å². The second-order valence-corrected chi connectivity index (χ2v) is 8.42. The van der Waals surface area contributed by atoms with Crippen molar-refractivity contribution < 1.29 is 31.1 Å². The van der Waals surface area contributed by atoms with Crippen LogP contribution >= 0.6 is 0 Å². The molecule has 0 bridgehead atoms. The maximum Gasteiger partial charge on any atom is 0.433 e. The molecule has 3 aromatic rings. The first kappa shape index (κ1) is 20.6. The van der Waals surface area contributed by atoms with Crippen LogP contribution in [-0.4, -0.2) is 60.7 Å². The maximum atomic E-state index is 13.7. The predicted molar refractivity (Wildman–Crippen MR) is 99.6 cm³/mol. The highest BCUT2D eigenvalue weighted by atomic mass is 32.2. The van der Waals surface area contributed by atoms with E-state index in [-0.39, 0.29) is 42.5 Å². The highest BCUT2D eigenvalue weighted by Crippen LogP contribution is 2.34. The van der Waals surface area contributed by atoms with Crippen molar-refractivity contribution in [2.45, 2.75) is 11.1 Å². The van der Waals surface area contributed by atoms with Crippen LogP contribution in [0.3, 0.4) is 0 Å². The fourth-order valence-corrected chi connectivity index (χ4v) is 4.61. The number of sulfonamides is 1. The van der Waals surface area contributed by atoms with E-state index in [1.54, 1.807) is 24.3 Å². The lowest BCUT2D eigenvalue weighted by Crippen LogP contribution is -2.40. The molecule has 1 aromatic carbocycles. The van der Waals surface area contributed by atoms with Crippen LogP contribution in [0.5, 0.6) is 5.75 Å². The number of rotatable bonds is 4. The standard InChI is InChI=1S/C18H17F3N4O4S/c1-28-13-4-2-12(3-5-13)14-10-16(18(19,20)21)25-17(23-14)15(11-22-25)30(26,27)24-6-8-29-9-7-24/h2-5,10-11H,6-9H2,1H3. The zero-order valence-corrected chi connectivity index (χ0v) is 16.6. The third kappa shape index (κ3) is 3.61. The first-order valence-corrected chi connectivity index (χ1v) is 10.3. The molecular formula is C18H17F3N4O4S. The summed E-state index contributed by atoms with van der Waals surface area (Å²) in [6.07, 6.45) is -3.87. The van der Waals surface area contributed by atoms with Gasteiger partial charge in [-0.05, 0) is 30.3 Å². The molecule has 1 aliphatic rings. The van der Waals surface area contributed by atoms with Crippen LogP contribution in [0.1, 0.15) is 5.69 Å². The van der Waals surface area contributed by atoms with Gasteiger partial charge in [-0.25, -0.2) is 17.9 Å². The van der Waals surface area contributed by atoms with Crippen LogP contribution in [0.4, 0.5) is 13.2 Å². The topological polar surface area (TPSA) is 86.0 Å². The molecule has 30 heavy (non-hydrogen) atoms. The Hall–Kier alpha value is -2.70. The minimum absolute atomic E-state index is 0.0311. The van der Waals surface area contributed by atoms with E-state index >= 15 is 0 Å². The number of benzene rings is 1. The van der Waals surface area contributed by atoms with Gasteiger partial charge in [0.25, 0.3) is 0 Å². The normalized spacial score (nSPS) is 16.1. The summed E-state index contributed by atoms with van der Waals surface area (Å²) < 4.78 is 79.1. The number of ether oxygens (including phenoxy) is 2. The highest BCUT2D eigenvalue weighted by Gasteiger charge is 2.37. The summed E-state index contributed by atoms with van der Waals surface area (Å²) in [5, 5.41) is 3.69. The Morgan fingerprint density at radius 3 is 2.40 bits per heavy atom. The summed E-state index contributed by atoms with van der Waals surface area (Å²) in [6.45, 7) is 0.613. The van der Waals surface area contributed by atoms with Crippen molar-refractivity contribution in [3.63, 3.8) is 0 Å². The van der Waals surface area contributed by atoms with Crippen molar-refractivity contribution >= 4 is 15.7 Å². The first-order chi connectivity index (χ1) is 14.2. The average molecular weight is 442 g/mol. The van der Waals surface area contributed by atoms with Gasteiger partial charge in [0, 0.05) is 18.7 Å². The van der Waals surface area contributed by atoms with Crippen LogP contribution in [0.25, 0.3) is 16.9 Å². The molecule has 0 saturated carbocycles. The number of nitrogens with zero attached hydrogens (tertiary/aromatic N) is 4. The molecule has 4 rings (SSSR count). The lowest BCUT2D eigenvalue weighted by atomic mass is 10.1. The van der Waals surface area contributed by atoms with Crippen LogP contribution in [0.15, 0.2) is 41.4 Å².